The van der Waals surface area contributed by atoms with Crippen LogP contribution in [0.1, 0.15) is 49.0 Å². The molecule has 0 saturated carbocycles. The predicted molar refractivity (Wildman–Crippen MR) is 111 cm³/mol. The fourth-order valence-corrected chi connectivity index (χ4v) is 2.29. The molecule has 0 unspecified atom stereocenters. The number of rotatable bonds is 8. The number of hydrogen-bond donors (Lipinski definition) is 2. The van der Waals surface area contributed by atoms with E-state index in [4.69, 9.17) is 0 Å². The van der Waals surface area contributed by atoms with Crippen LogP contribution < -0.4 is 10.7 Å². The molecule has 2 aromatic carbocycles. The summed E-state index contributed by atoms with van der Waals surface area (Å²) in [7, 11) is 0. The largest absolute Gasteiger partial charge is 0.326 e. The zero-order valence-corrected chi connectivity index (χ0v) is 15.7. The van der Waals surface area contributed by atoms with Gasteiger partial charge in [0.15, 0.2) is 0 Å². The fraction of sp³-hybridized carbons (Fsp3) is 0.227. The van der Waals surface area contributed by atoms with Crippen LogP contribution in [0.2, 0.25) is 0 Å². The Balaban J connectivity index is 1.88. The lowest BCUT2D eigenvalue weighted by Gasteiger charge is -2.06. The molecule has 0 saturated heterocycles. The standard InChI is InChI=1S/C22H25N3O2/c1-3-4-10-21(26)23-20-15-13-19(14-16-20)22(27)25-24-17(2)11-12-18-8-6-5-7-9-18/h5-9,11-16H,3-4,10H2,1-2H3,(H,23,26)(H,25,27)/b12-11+,24-17+. The number of hydrogen-bond acceptors (Lipinski definition) is 3. The number of carbonyl (C=O) groups is 2. The smallest absolute Gasteiger partial charge is 0.271 e. The van der Waals surface area contributed by atoms with Gasteiger partial charge in [0, 0.05) is 17.7 Å². The molecule has 2 aromatic rings. The molecule has 0 fully saturated rings. The van der Waals surface area contributed by atoms with Crippen LogP contribution in [0.5, 0.6) is 0 Å². The molecule has 0 atom stereocenters. The maximum atomic E-state index is 12.2. The second-order valence-electron chi connectivity index (χ2n) is 6.17. The SMILES string of the molecule is CCCCC(=O)Nc1ccc(C(=O)N/N=C(C)/C=C/c2ccccc2)cc1. The van der Waals surface area contributed by atoms with Crippen LogP contribution in [0, 0.1) is 0 Å². The van der Waals surface area contributed by atoms with E-state index in [1.54, 1.807) is 24.3 Å². The van der Waals surface area contributed by atoms with Gasteiger partial charge < -0.3 is 5.32 Å². The van der Waals surface area contributed by atoms with Crippen molar-refractivity contribution in [1.29, 1.82) is 0 Å². The number of amides is 2. The number of carbonyl (C=O) groups excluding carboxylic acids is 2. The second kappa shape index (κ2) is 10.7. The van der Waals surface area contributed by atoms with Gasteiger partial charge in [-0.25, -0.2) is 5.43 Å². The summed E-state index contributed by atoms with van der Waals surface area (Å²) in [6.07, 6.45) is 6.12. The van der Waals surface area contributed by atoms with Crippen LogP contribution >= 0.6 is 0 Å². The first-order valence-corrected chi connectivity index (χ1v) is 9.06. The third kappa shape index (κ3) is 7.28. The van der Waals surface area contributed by atoms with E-state index in [9.17, 15) is 9.59 Å². The maximum Gasteiger partial charge on any atom is 0.271 e. The number of unbranched alkanes of at least 4 members (excludes halogenated alkanes) is 1. The zero-order valence-electron chi connectivity index (χ0n) is 15.7. The molecule has 5 nitrogen and oxygen atoms in total. The summed E-state index contributed by atoms with van der Waals surface area (Å²) in [4.78, 5) is 23.9. The Labute approximate surface area is 160 Å². The summed E-state index contributed by atoms with van der Waals surface area (Å²) in [6.45, 7) is 3.86. The number of nitrogens with one attached hydrogen (secondary N) is 2. The first kappa shape index (κ1) is 20.1. The summed E-state index contributed by atoms with van der Waals surface area (Å²) in [5.74, 6) is -0.314. The minimum absolute atomic E-state index is 0.0144. The monoisotopic (exact) mass is 363 g/mol. The van der Waals surface area contributed by atoms with Crippen LogP contribution in [0.3, 0.4) is 0 Å². The molecule has 0 aliphatic carbocycles. The van der Waals surface area contributed by atoms with E-state index >= 15 is 0 Å². The average Bonchev–Trinajstić information content (AvgIpc) is 2.70. The molecule has 0 radical (unpaired) electrons. The molecule has 0 spiro atoms. The Hall–Kier alpha value is -3.21. The van der Waals surface area contributed by atoms with Gasteiger partial charge in [-0.15, -0.1) is 0 Å². The molecule has 0 heterocycles. The highest BCUT2D eigenvalue weighted by Gasteiger charge is 2.06. The molecule has 140 valence electrons. The van der Waals surface area contributed by atoms with Gasteiger partial charge in [-0.1, -0.05) is 49.8 Å². The lowest BCUT2D eigenvalue weighted by atomic mass is 10.2. The van der Waals surface area contributed by atoms with Crippen molar-refractivity contribution in [2.75, 3.05) is 5.32 Å². The van der Waals surface area contributed by atoms with Crippen molar-refractivity contribution in [2.45, 2.75) is 33.1 Å². The van der Waals surface area contributed by atoms with Crippen molar-refractivity contribution in [3.63, 3.8) is 0 Å². The highest BCUT2D eigenvalue weighted by molar-refractivity contribution is 5.99. The minimum atomic E-state index is -0.300. The van der Waals surface area contributed by atoms with Crippen molar-refractivity contribution >= 4 is 29.3 Å². The summed E-state index contributed by atoms with van der Waals surface area (Å²) in [5.41, 5.74) is 5.44. The maximum absolute atomic E-state index is 12.2. The van der Waals surface area contributed by atoms with Crippen molar-refractivity contribution < 1.29 is 9.59 Å². The molecule has 0 aliphatic heterocycles. The van der Waals surface area contributed by atoms with Gasteiger partial charge in [-0.3, -0.25) is 9.59 Å². The second-order valence-corrected chi connectivity index (χ2v) is 6.17. The number of benzene rings is 2. The quantitative estimate of drug-likeness (QED) is 0.530. The van der Waals surface area contributed by atoms with Crippen LogP contribution in [-0.4, -0.2) is 17.5 Å². The summed E-state index contributed by atoms with van der Waals surface area (Å²) >= 11 is 0. The Morgan fingerprint density at radius 3 is 2.41 bits per heavy atom. The summed E-state index contributed by atoms with van der Waals surface area (Å²) < 4.78 is 0. The average molecular weight is 363 g/mol. The number of allylic oxidation sites excluding steroid dienone is 1. The molecule has 0 aliphatic rings. The van der Waals surface area contributed by atoms with Crippen LogP contribution in [-0.2, 0) is 4.79 Å². The first-order chi connectivity index (χ1) is 13.1. The van der Waals surface area contributed by atoms with E-state index in [1.807, 2.05) is 56.3 Å². The Kier molecular flexibility index (Phi) is 7.97. The van der Waals surface area contributed by atoms with E-state index in [0.29, 0.717) is 23.4 Å². The molecular formula is C22H25N3O2. The Morgan fingerprint density at radius 1 is 1.04 bits per heavy atom. The molecule has 0 bridgehead atoms. The highest BCUT2D eigenvalue weighted by Crippen LogP contribution is 2.10. The third-order valence-corrected chi connectivity index (χ3v) is 3.84. The summed E-state index contributed by atoms with van der Waals surface area (Å²) in [6, 6.07) is 16.6. The zero-order chi connectivity index (χ0) is 19.5. The predicted octanol–water partition coefficient (Wildman–Crippen LogP) is 4.63. The fourth-order valence-electron chi connectivity index (χ4n) is 2.29. The molecular weight excluding hydrogens is 338 g/mol. The van der Waals surface area contributed by atoms with Crippen molar-refractivity contribution in [1.82, 2.24) is 5.43 Å². The van der Waals surface area contributed by atoms with Crippen LogP contribution in [0.25, 0.3) is 6.08 Å². The van der Waals surface area contributed by atoms with E-state index < -0.39 is 0 Å². The van der Waals surface area contributed by atoms with Crippen molar-refractivity contribution in [3.8, 4) is 0 Å². The molecule has 27 heavy (non-hydrogen) atoms. The van der Waals surface area contributed by atoms with Gasteiger partial charge in [0.05, 0.1) is 5.71 Å². The molecule has 2 rings (SSSR count). The molecule has 2 amide bonds. The van der Waals surface area contributed by atoms with Crippen LogP contribution in [0.15, 0.2) is 65.8 Å². The molecule has 0 aromatic heterocycles. The van der Waals surface area contributed by atoms with E-state index in [0.717, 1.165) is 18.4 Å². The van der Waals surface area contributed by atoms with Gasteiger partial charge in [-0.2, -0.15) is 5.10 Å². The van der Waals surface area contributed by atoms with E-state index in [2.05, 4.69) is 15.8 Å². The minimum Gasteiger partial charge on any atom is -0.326 e. The lowest BCUT2D eigenvalue weighted by Crippen LogP contribution is -2.18. The number of anilines is 1. The Bertz CT molecular complexity index is 809. The van der Waals surface area contributed by atoms with Gasteiger partial charge in [0.2, 0.25) is 5.91 Å². The van der Waals surface area contributed by atoms with Gasteiger partial charge >= 0.3 is 0 Å². The summed E-state index contributed by atoms with van der Waals surface area (Å²) in [5, 5.41) is 6.90. The van der Waals surface area contributed by atoms with E-state index in [1.165, 1.54) is 0 Å². The number of hydrazone groups is 1. The van der Waals surface area contributed by atoms with Gasteiger partial charge in [0.25, 0.3) is 5.91 Å². The first-order valence-electron chi connectivity index (χ1n) is 9.06. The Morgan fingerprint density at radius 2 is 1.74 bits per heavy atom. The van der Waals surface area contributed by atoms with E-state index in [-0.39, 0.29) is 11.8 Å². The van der Waals surface area contributed by atoms with Gasteiger partial charge in [0.1, 0.15) is 0 Å². The lowest BCUT2D eigenvalue weighted by molar-refractivity contribution is -0.116. The highest BCUT2D eigenvalue weighted by atomic mass is 16.2. The third-order valence-electron chi connectivity index (χ3n) is 3.84. The van der Waals surface area contributed by atoms with Crippen molar-refractivity contribution in [2.24, 2.45) is 5.10 Å². The van der Waals surface area contributed by atoms with Crippen molar-refractivity contribution in [3.05, 3.63) is 71.8 Å². The molecule has 5 heteroatoms. The van der Waals surface area contributed by atoms with Gasteiger partial charge in [-0.05, 0) is 49.2 Å². The number of nitrogens with zero attached hydrogens (tertiary/aromatic N) is 1. The topological polar surface area (TPSA) is 70.6 Å². The normalized spacial score (nSPS) is 11.4. The van der Waals surface area contributed by atoms with Crippen LogP contribution in [0.4, 0.5) is 5.69 Å². The molecule has 2 N–H and O–H groups in total.